The molecule has 1 aromatic heterocycles. The third kappa shape index (κ3) is 3.96. The number of aromatic nitrogens is 2. The summed E-state index contributed by atoms with van der Waals surface area (Å²) in [5, 5.41) is 3.77. The van der Waals surface area contributed by atoms with Gasteiger partial charge in [0.25, 0.3) is 0 Å². The fourth-order valence-electron chi connectivity index (χ4n) is 2.64. The largest absolute Gasteiger partial charge is 0.416 e. The number of nitrogens with zero attached hydrogens (tertiary/aromatic N) is 3. The van der Waals surface area contributed by atoms with Crippen molar-refractivity contribution in [1.82, 2.24) is 15.0 Å². The van der Waals surface area contributed by atoms with Crippen LogP contribution < -0.4 is 0 Å². The monoisotopic (exact) mass is 405 g/mol. The Morgan fingerprint density at radius 2 is 2.12 bits per heavy atom. The molecular weight excluding hydrogens is 391 g/mol. The van der Waals surface area contributed by atoms with Crippen molar-refractivity contribution < 1.29 is 22.4 Å². The van der Waals surface area contributed by atoms with Crippen LogP contribution in [0.25, 0.3) is 0 Å². The lowest BCUT2D eigenvalue weighted by Gasteiger charge is -2.33. The number of aryl methyl sites for hydroxylation is 1. The SMILES string of the molecule is Cc1noc([C@H]2COCCN2Cc2cc(Br)cc(C(F)(F)F)c2)n1. The van der Waals surface area contributed by atoms with Crippen molar-refractivity contribution in [1.29, 1.82) is 0 Å². The number of rotatable bonds is 3. The second-order valence-electron chi connectivity index (χ2n) is 5.59. The van der Waals surface area contributed by atoms with Gasteiger partial charge in [-0.2, -0.15) is 18.2 Å². The van der Waals surface area contributed by atoms with Gasteiger partial charge < -0.3 is 9.26 Å². The number of benzene rings is 1. The Morgan fingerprint density at radius 1 is 1.33 bits per heavy atom. The molecule has 0 aliphatic carbocycles. The molecule has 0 N–H and O–H groups in total. The van der Waals surface area contributed by atoms with Crippen LogP contribution in [0.2, 0.25) is 0 Å². The molecule has 0 saturated carbocycles. The minimum absolute atomic E-state index is 0.270. The maximum Gasteiger partial charge on any atom is 0.416 e. The Balaban J connectivity index is 1.84. The molecule has 0 bridgehead atoms. The first-order valence-electron chi connectivity index (χ1n) is 7.31. The van der Waals surface area contributed by atoms with E-state index in [0.717, 1.165) is 12.1 Å². The first-order chi connectivity index (χ1) is 11.3. The summed E-state index contributed by atoms with van der Waals surface area (Å²) in [6, 6.07) is 3.65. The summed E-state index contributed by atoms with van der Waals surface area (Å²) in [7, 11) is 0. The van der Waals surface area contributed by atoms with E-state index in [1.807, 2.05) is 4.90 Å². The number of morpholine rings is 1. The van der Waals surface area contributed by atoms with Crippen molar-refractivity contribution in [3.8, 4) is 0 Å². The van der Waals surface area contributed by atoms with Crippen molar-refractivity contribution in [3.05, 3.63) is 45.5 Å². The first-order valence-corrected chi connectivity index (χ1v) is 8.11. The van der Waals surface area contributed by atoms with E-state index in [0.29, 0.717) is 48.1 Å². The molecule has 0 unspecified atom stereocenters. The zero-order chi connectivity index (χ0) is 17.3. The van der Waals surface area contributed by atoms with Crippen LogP contribution in [0.1, 0.15) is 28.9 Å². The van der Waals surface area contributed by atoms with Crippen molar-refractivity contribution in [2.75, 3.05) is 19.8 Å². The second-order valence-corrected chi connectivity index (χ2v) is 6.50. The van der Waals surface area contributed by atoms with Crippen LogP contribution in [0.5, 0.6) is 0 Å². The minimum Gasteiger partial charge on any atom is -0.378 e. The van der Waals surface area contributed by atoms with Crippen molar-refractivity contribution in [3.63, 3.8) is 0 Å². The summed E-state index contributed by atoms with van der Waals surface area (Å²) in [6.45, 7) is 3.48. The normalized spacial score (nSPS) is 19.6. The third-order valence-corrected chi connectivity index (χ3v) is 4.20. The Kier molecular flexibility index (Phi) is 4.93. The highest BCUT2D eigenvalue weighted by molar-refractivity contribution is 9.10. The lowest BCUT2D eigenvalue weighted by atomic mass is 10.1. The standard InChI is InChI=1S/C15H15BrF3N3O2/c1-9-20-14(24-21-9)13-8-23-3-2-22(13)7-10-4-11(15(17,18)19)6-12(16)5-10/h4-6,13H,2-3,7-8H2,1H3/t13-/m1/s1. The lowest BCUT2D eigenvalue weighted by Crippen LogP contribution is -2.39. The van der Waals surface area contributed by atoms with Crippen LogP contribution in [0.15, 0.2) is 27.2 Å². The fourth-order valence-corrected chi connectivity index (χ4v) is 3.18. The molecule has 1 atom stereocenters. The van der Waals surface area contributed by atoms with E-state index in [4.69, 9.17) is 9.26 Å². The van der Waals surface area contributed by atoms with Crippen molar-refractivity contribution >= 4 is 15.9 Å². The summed E-state index contributed by atoms with van der Waals surface area (Å²) in [6.07, 6.45) is -4.38. The molecule has 3 rings (SSSR count). The molecule has 1 fully saturated rings. The van der Waals surface area contributed by atoms with E-state index >= 15 is 0 Å². The van der Waals surface area contributed by atoms with Gasteiger partial charge in [-0.15, -0.1) is 0 Å². The van der Waals surface area contributed by atoms with E-state index in [9.17, 15) is 13.2 Å². The van der Waals surface area contributed by atoms with Gasteiger partial charge in [0.15, 0.2) is 5.82 Å². The number of ether oxygens (including phenoxy) is 1. The highest BCUT2D eigenvalue weighted by Gasteiger charge is 2.32. The first kappa shape index (κ1) is 17.4. The summed E-state index contributed by atoms with van der Waals surface area (Å²) >= 11 is 3.15. The van der Waals surface area contributed by atoms with Gasteiger partial charge in [-0.3, -0.25) is 4.90 Å². The second kappa shape index (κ2) is 6.81. The molecule has 2 heterocycles. The molecule has 1 aromatic carbocycles. The van der Waals surface area contributed by atoms with Gasteiger partial charge >= 0.3 is 6.18 Å². The third-order valence-electron chi connectivity index (χ3n) is 3.74. The Hall–Kier alpha value is -1.45. The number of halogens is 4. The van der Waals surface area contributed by atoms with E-state index < -0.39 is 11.7 Å². The van der Waals surface area contributed by atoms with E-state index in [1.165, 1.54) is 0 Å². The topological polar surface area (TPSA) is 51.4 Å². The molecule has 130 valence electrons. The smallest absolute Gasteiger partial charge is 0.378 e. The molecule has 0 radical (unpaired) electrons. The maximum absolute atomic E-state index is 13.0. The van der Waals surface area contributed by atoms with Crippen LogP contribution >= 0.6 is 15.9 Å². The van der Waals surface area contributed by atoms with Gasteiger partial charge in [0, 0.05) is 17.6 Å². The Labute approximate surface area is 144 Å². The van der Waals surface area contributed by atoms with Gasteiger partial charge in [0.05, 0.1) is 18.8 Å². The lowest BCUT2D eigenvalue weighted by molar-refractivity contribution is -0.137. The zero-order valence-electron chi connectivity index (χ0n) is 12.8. The average molecular weight is 406 g/mol. The zero-order valence-corrected chi connectivity index (χ0v) is 14.4. The van der Waals surface area contributed by atoms with Gasteiger partial charge in [-0.25, -0.2) is 0 Å². The van der Waals surface area contributed by atoms with Crippen molar-refractivity contribution in [2.24, 2.45) is 0 Å². The molecule has 9 heteroatoms. The Morgan fingerprint density at radius 3 is 2.79 bits per heavy atom. The quantitative estimate of drug-likeness (QED) is 0.778. The van der Waals surface area contributed by atoms with Gasteiger partial charge in [0.1, 0.15) is 6.04 Å². The van der Waals surface area contributed by atoms with E-state index in [1.54, 1.807) is 13.0 Å². The fraction of sp³-hybridized carbons (Fsp3) is 0.467. The van der Waals surface area contributed by atoms with Crippen LogP contribution in [-0.2, 0) is 17.5 Å². The summed E-state index contributed by atoms with van der Waals surface area (Å²) < 4.78 is 50.0. The molecule has 5 nitrogen and oxygen atoms in total. The van der Waals surface area contributed by atoms with Crippen LogP contribution in [0, 0.1) is 6.92 Å². The van der Waals surface area contributed by atoms with E-state index in [2.05, 4.69) is 26.1 Å². The number of alkyl halides is 3. The van der Waals surface area contributed by atoms with Crippen molar-refractivity contribution in [2.45, 2.75) is 25.7 Å². The summed E-state index contributed by atoms with van der Waals surface area (Å²) in [5.74, 6) is 0.926. The highest BCUT2D eigenvalue weighted by Crippen LogP contribution is 2.33. The highest BCUT2D eigenvalue weighted by atomic mass is 79.9. The molecular formula is C15H15BrF3N3O2. The van der Waals surface area contributed by atoms with Gasteiger partial charge in [0.2, 0.25) is 5.89 Å². The molecule has 1 saturated heterocycles. The van der Waals surface area contributed by atoms with Crippen LogP contribution in [0.4, 0.5) is 13.2 Å². The predicted molar refractivity (Wildman–Crippen MR) is 82.1 cm³/mol. The molecule has 2 aromatic rings. The predicted octanol–water partition coefficient (Wildman–Crippen LogP) is 3.73. The van der Waals surface area contributed by atoms with Crippen LogP contribution in [-0.4, -0.2) is 34.8 Å². The van der Waals surface area contributed by atoms with Crippen LogP contribution in [0.3, 0.4) is 0 Å². The molecule has 0 amide bonds. The Bertz CT molecular complexity index is 720. The number of hydrogen-bond acceptors (Lipinski definition) is 5. The van der Waals surface area contributed by atoms with E-state index in [-0.39, 0.29) is 6.04 Å². The number of hydrogen-bond donors (Lipinski definition) is 0. The minimum atomic E-state index is -4.38. The average Bonchev–Trinajstić information content (AvgIpc) is 2.93. The maximum atomic E-state index is 13.0. The van der Waals surface area contributed by atoms with Gasteiger partial charge in [-0.05, 0) is 30.7 Å². The molecule has 1 aliphatic rings. The molecule has 24 heavy (non-hydrogen) atoms. The van der Waals surface area contributed by atoms with Gasteiger partial charge in [-0.1, -0.05) is 21.1 Å². The summed E-state index contributed by atoms with van der Waals surface area (Å²) in [4.78, 5) is 6.20. The molecule has 1 aliphatic heterocycles. The summed E-state index contributed by atoms with van der Waals surface area (Å²) in [5.41, 5.74) is -0.120. The molecule has 0 spiro atoms.